The van der Waals surface area contributed by atoms with Gasteiger partial charge in [0.25, 0.3) is 5.91 Å². The Hall–Kier alpha value is -3.22. The number of amides is 2. The molecule has 4 rings (SSSR count). The van der Waals surface area contributed by atoms with Crippen LogP contribution in [0.5, 0.6) is 0 Å². The zero-order valence-electron chi connectivity index (χ0n) is 18.8. The molecule has 0 atom stereocenters. The normalized spacial score (nSPS) is 18.6. The second kappa shape index (κ2) is 9.73. The monoisotopic (exact) mass is 452 g/mol. The molecule has 2 aromatic rings. The van der Waals surface area contributed by atoms with Crippen molar-refractivity contribution in [2.75, 3.05) is 33.3 Å². The molecule has 174 valence electrons. The van der Waals surface area contributed by atoms with Crippen molar-refractivity contribution in [3.8, 4) is 0 Å². The van der Waals surface area contributed by atoms with Crippen molar-refractivity contribution in [3.05, 3.63) is 71.5 Å². The van der Waals surface area contributed by atoms with Crippen LogP contribution in [0.3, 0.4) is 0 Å². The lowest BCUT2D eigenvalue weighted by Crippen LogP contribution is -2.52. The van der Waals surface area contributed by atoms with Gasteiger partial charge in [0.15, 0.2) is 0 Å². The first kappa shape index (κ1) is 23.0. The Labute approximate surface area is 193 Å². The van der Waals surface area contributed by atoms with Crippen molar-refractivity contribution in [2.24, 2.45) is 5.92 Å². The first-order valence-corrected chi connectivity index (χ1v) is 11.4. The van der Waals surface area contributed by atoms with Crippen LogP contribution in [-0.4, -0.2) is 60.9 Å². The fourth-order valence-corrected chi connectivity index (χ4v) is 5.03. The van der Waals surface area contributed by atoms with Crippen molar-refractivity contribution in [1.29, 1.82) is 0 Å². The lowest BCUT2D eigenvalue weighted by Gasteiger charge is -2.42. The summed E-state index contributed by atoms with van der Waals surface area (Å²) in [6.45, 7) is 1.99. The number of esters is 1. The van der Waals surface area contributed by atoms with E-state index in [1.54, 1.807) is 4.90 Å². The molecule has 2 aliphatic heterocycles. The average molecular weight is 453 g/mol. The predicted octanol–water partition coefficient (Wildman–Crippen LogP) is 3.41. The maximum absolute atomic E-state index is 13.2. The van der Waals surface area contributed by atoms with Gasteiger partial charge in [-0.15, -0.1) is 0 Å². The Kier molecular flexibility index (Phi) is 6.77. The van der Waals surface area contributed by atoms with E-state index in [-0.39, 0.29) is 29.5 Å². The second-order valence-corrected chi connectivity index (χ2v) is 8.84. The van der Waals surface area contributed by atoms with Crippen LogP contribution in [0.4, 0.5) is 4.39 Å². The standard InChI is InChI=1S/C26H29FN2O4/c1-33-25(32)26(21-5-3-2-4-6-21)13-17-29(18-14-26)24(31)20-11-15-28(16-12-20)23(30)19-7-9-22(27)10-8-19/h2-10,20H,11-18H2,1H3. The maximum atomic E-state index is 13.2. The number of hydrogen-bond acceptors (Lipinski definition) is 4. The Bertz CT molecular complexity index is 993. The molecule has 0 N–H and O–H groups in total. The summed E-state index contributed by atoms with van der Waals surface area (Å²) in [6, 6.07) is 15.2. The molecule has 0 aromatic heterocycles. The van der Waals surface area contributed by atoms with E-state index in [2.05, 4.69) is 0 Å². The molecule has 6 nitrogen and oxygen atoms in total. The van der Waals surface area contributed by atoms with Gasteiger partial charge < -0.3 is 14.5 Å². The molecule has 2 heterocycles. The molecule has 0 aliphatic carbocycles. The van der Waals surface area contributed by atoms with Gasteiger partial charge in [0.1, 0.15) is 5.82 Å². The van der Waals surface area contributed by atoms with E-state index < -0.39 is 5.41 Å². The number of carbonyl (C=O) groups is 3. The van der Waals surface area contributed by atoms with Crippen molar-refractivity contribution in [3.63, 3.8) is 0 Å². The van der Waals surface area contributed by atoms with E-state index in [0.717, 1.165) is 5.56 Å². The van der Waals surface area contributed by atoms with Gasteiger partial charge in [0.2, 0.25) is 5.91 Å². The summed E-state index contributed by atoms with van der Waals surface area (Å²) in [5.74, 6) is -0.807. The number of hydrogen-bond donors (Lipinski definition) is 0. The van der Waals surface area contributed by atoms with Crippen molar-refractivity contribution in [2.45, 2.75) is 31.1 Å². The van der Waals surface area contributed by atoms with Gasteiger partial charge in [-0.05, 0) is 55.5 Å². The van der Waals surface area contributed by atoms with Crippen molar-refractivity contribution < 1.29 is 23.5 Å². The molecule has 2 saturated heterocycles. The van der Waals surface area contributed by atoms with Gasteiger partial charge in [-0.25, -0.2) is 4.39 Å². The number of methoxy groups -OCH3 is 1. The SMILES string of the molecule is COC(=O)C1(c2ccccc2)CCN(C(=O)C2CCN(C(=O)c3ccc(F)cc3)CC2)CC1. The molecule has 0 saturated carbocycles. The minimum atomic E-state index is -0.724. The molecule has 7 heteroatoms. The third-order valence-corrected chi connectivity index (χ3v) is 7.05. The molecule has 2 aliphatic rings. The molecule has 0 spiro atoms. The van der Waals surface area contributed by atoms with Crippen LogP contribution in [-0.2, 0) is 19.7 Å². The van der Waals surface area contributed by atoms with E-state index in [0.29, 0.717) is 57.4 Å². The number of carbonyl (C=O) groups excluding carboxylic acids is 3. The van der Waals surface area contributed by atoms with Crippen LogP contribution in [0, 0.1) is 11.7 Å². The zero-order chi connectivity index (χ0) is 23.4. The van der Waals surface area contributed by atoms with Crippen LogP contribution >= 0.6 is 0 Å². The van der Waals surface area contributed by atoms with Crippen molar-refractivity contribution >= 4 is 17.8 Å². The van der Waals surface area contributed by atoms with Crippen LogP contribution in [0.25, 0.3) is 0 Å². The minimum absolute atomic E-state index is 0.0930. The number of halogens is 1. The zero-order valence-corrected chi connectivity index (χ0v) is 18.8. The van der Waals surface area contributed by atoms with Gasteiger partial charge in [-0.2, -0.15) is 0 Å². The van der Waals surface area contributed by atoms with Gasteiger partial charge in [0, 0.05) is 37.7 Å². The summed E-state index contributed by atoms with van der Waals surface area (Å²) in [7, 11) is 1.41. The molecule has 0 bridgehead atoms. The number of ether oxygens (including phenoxy) is 1. The van der Waals surface area contributed by atoms with Crippen LogP contribution < -0.4 is 0 Å². The second-order valence-electron chi connectivity index (χ2n) is 8.84. The van der Waals surface area contributed by atoms with E-state index in [9.17, 15) is 18.8 Å². The highest BCUT2D eigenvalue weighted by Crippen LogP contribution is 2.37. The summed E-state index contributed by atoms with van der Waals surface area (Å²) in [5.41, 5.74) is 0.659. The summed E-state index contributed by atoms with van der Waals surface area (Å²) in [4.78, 5) is 42.1. The number of piperidine rings is 2. The Morgan fingerprint density at radius 2 is 1.48 bits per heavy atom. The third-order valence-electron chi connectivity index (χ3n) is 7.05. The van der Waals surface area contributed by atoms with Crippen LogP contribution in [0.1, 0.15) is 41.6 Å². The predicted molar refractivity (Wildman–Crippen MR) is 121 cm³/mol. The molecule has 0 radical (unpaired) electrons. The molecule has 2 aromatic carbocycles. The first-order chi connectivity index (χ1) is 15.9. The highest BCUT2D eigenvalue weighted by molar-refractivity contribution is 5.94. The maximum Gasteiger partial charge on any atom is 0.316 e. The van der Waals surface area contributed by atoms with E-state index in [1.165, 1.54) is 31.4 Å². The number of benzene rings is 2. The molecule has 33 heavy (non-hydrogen) atoms. The topological polar surface area (TPSA) is 66.9 Å². The van der Waals surface area contributed by atoms with Crippen LogP contribution in [0.2, 0.25) is 0 Å². The summed E-state index contributed by atoms with van der Waals surface area (Å²) < 4.78 is 18.3. The third kappa shape index (κ3) is 4.63. The van der Waals surface area contributed by atoms with E-state index in [4.69, 9.17) is 4.74 Å². The minimum Gasteiger partial charge on any atom is -0.468 e. The summed E-state index contributed by atoms with van der Waals surface area (Å²) in [5, 5.41) is 0. The van der Waals surface area contributed by atoms with Gasteiger partial charge in [-0.1, -0.05) is 30.3 Å². The van der Waals surface area contributed by atoms with E-state index in [1.807, 2.05) is 35.2 Å². The Morgan fingerprint density at radius 1 is 0.879 bits per heavy atom. The smallest absolute Gasteiger partial charge is 0.316 e. The van der Waals surface area contributed by atoms with Gasteiger partial charge in [-0.3, -0.25) is 14.4 Å². The highest BCUT2D eigenvalue weighted by atomic mass is 19.1. The molecule has 2 amide bonds. The largest absolute Gasteiger partial charge is 0.468 e. The van der Waals surface area contributed by atoms with Crippen molar-refractivity contribution in [1.82, 2.24) is 9.80 Å². The lowest BCUT2D eigenvalue weighted by atomic mass is 9.72. The summed E-state index contributed by atoms with van der Waals surface area (Å²) in [6.07, 6.45) is 2.25. The fraction of sp³-hybridized carbons (Fsp3) is 0.423. The van der Waals surface area contributed by atoms with Gasteiger partial charge in [0.05, 0.1) is 12.5 Å². The number of nitrogens with zero attached hydrogens (tertiary/aromatic N) is 2. The molecule has 2 fully saturated rings. The number of likely N-dealkylation sites (tertiary alicyclic amines) is 2. The van der Waals surface area contributed by atoms with Gasteiger partial charge >= 0.3 is 5.97 Å². The molecular weight excluding hydrogens is 423 g/mol. The first-order valence-electron chi connectivity index (χ1n) is 11.4. The number of rotatable bonds is 4. The van der Waals surface area contributed by atoms with E-state index >= 15 is 0 Å². The summed E-state index contributed by atoms with van der Waals surface area (Å²) >= 11 is 0. The van der Waals surface area contributed by atoms with Crippen LogP contribution in [0.15, 0.2) is 54.6 Å². The molecular formula is C26H29FN2O4. The fourth-order valence-electron chi connectivity index (χ4n) is 5.03. The highest BCUT2D eigenvalue weighted by Gasteiger charge is 2.45. The molecule has 0 unspecified atom stereocenters. The Morgan fingerprint density at radius 3 is 2.06 bits per heavy atom. The Balaban J connectivity index is 1.35. The quantitative estimate of drug-likeness (QED) is 0.667. The lowest BCUT2D eigenvalue weighted by molar-refractivity contribution is -0.152. The average Bonchev–Trinajstić information content (AvgIpc) is 2.88.